The molecule has 0 aromatic rings. The van der Waals surface area contributed by atoms with Gasteiger partial charge in [0.25, 0.3) is 0 Å². The molecule has 0 bridgehead atoms. The van der Waals surface area contributed by atoms with Crippen molar-refractivity contribution in [2.45, 2.75) is 51.2 Å². The van der Waals surface area contributed by atoms with Gasteiger partial charge in [-0.2, -0.15) is 0 Å². The highest BCUT2D eigenvalue weighted by molar-refractivity contribution is 4.92. The van der Waals surface area contributed by atoms with Crippen LogP contribution in [0.1, 0.15) is 39.0 Å². The second kappa shape index (κ2) is 3.00. The smallest absolute Gasteiger partial charge is 0.0723 e. The van der Waals surface area contributed by atoms with Crippen LogP contribution in [-0.2, 0) is 4.74 Å². The highest BCUT2D eigenvalue weighted by atomic mass is 16.5. The van der Waals surface area contributed by atoms with Crippen LogP contribution in [0.25, 0.3) is 0 Å². The Kier molecular flexibility index (Phi) is 2.13. The first-order valence-corrected chi connectivity index (χ1v) is 5.09. The second-order valence-electron chi connectivity index (χ2n) is 4.60. The lowest BCUT2D eigenvalue weighted by Crippen LogP contribution is -2.46. The first-order chi connectivity index (χ1) is 5.72. The molecule has 1 spiro atoms. The van der Waals surface area contributed by atoms with Crippen LogP contribution in [0, 0.1) is 5.41 Å². The van der Waals surface area contributed by atoms with Crippen LogP contribution in [0.15, 0.2) is 0 Å². The monoisotopic (exact) mass is 169 g/mol. The van der Waals surface area contributed by atoms with E-state index in [0.29, 0.717) is 11.5 Å². The van der Waals surface area contributed by atoms with Crippen molar-refractivity contribution in [2.24, 2.45) is 11.1 Å². The van der Waals surface area contributed by atoms with Gasteiger partial charge in [0.15, 0.2) is 0 Å². The van der Waals surface area contributed by atoms with Crippen LogP contribution >= 0.6 is 0 Å². The Morgan fingerprint density at radius 3 is 2.50 bits per heavy atom. The average molecular weight is 169 g/mol. The number of hydrogen-bond donors (Lipinski definition) is 1. The van der Waals surface area contributed by atoms with Crippen LogP contribution in [-0.4, -0.2) is 18.8 Å². The lowest BCUT2D eigenvalue weighted by Gasteiger charge is -2.47. The lowest BCUT2D eigenvalue weighted by molar-refractivity contribution is -0.102. The summed E-state index contributed by atoms with van der Waals surface area (Å²) in [5.74, 6) is 0. The summed E-state index contributed by atoms with van der Waals surface area (Å²) >= 11 is 0. The number of rotatable bonds is 1. The van der Waals surface area contributed by atoms with Gasteiger partial charge in [-0.05, 0) is 38.0 Å². The fourth-order valence-electron chi connectivity index (χ4n) is 2.37. The molecule has 0 aromatic heterocycles. The van der Waals surface area contributed by atoms with Crippen LogP contribution in [0.5, 0.6) is 0 Å². The Hall–Kier alpha value is -0.0800. The van der Waals surface area contributed by atoms with E-state index in [1.807, 2.05) is 6.92 Å². The van der Waals surface area contributed by atoms with Crippen molar-refractivity contribution in [3.63, 3.8) is 0 Å². The zero-order valence-corrected chi connectivity index (χ0v) is 7.88. The van der Waals surface area contributed by atoms with Gasteiger partial charge in [0.2, 0.25) is 0 Å². The molecule has 2 heteroatoms. The predicted octanol–water partition coefficient (Wildman–Crippen LogP) is 1.68. The topological polar surface area (TPSA) is 35.2 Å². The van der Waals surface area contributed by atoms with Crippen LogP contribution in [0.2, 0.25) is 0 Å². The van der Waals surface area contributed by atoms with Crippen LogP contribution in [0.3, 0.4) is 0 Å². The zero-order chi connectivity index (χ0) is 8.60. The van der Waals surface area contributed by atoms with E-state index in [4.69, 9.17) is 10.5 Å². The van der Waals surface area contributed by atoms with Gasteiger partial charge >= 0.3 is 0 Å². The Bertz CT molecular complexity index is 153. The van der Waals surface area contributed by atoms with Crippen molar-refractivity contribution in [2.75, 3.05) is 6.61 Å². The molecule has 70 valence electrons. The van der Waals surface area contributed by atoms with Gasteiger partial charge in [-0.3, -0.25) is 0 Å². The summed E-state index contributed by atoms with van der Waals surface area (Å²) in [6.45, 7) is 3.02. The van der Waals surface area contributed by atoms with Crippen molar-refractivity contribution < 1.29 is 4.74 Å². The van der Waals surface area contributed by atoms with Gasteiger partial charge in [-0.25, -0.2) is 0 Å². The van der Waals surface area contributed by atoms with Gasteiger partial charge in [-0.15, -0.1) is 0 Å². The van der Waals surface area contributed by atoms with Crippen molar-refractivity contribution in [3.05, 3.63) is 0 Å². The molecule has 0 amide bonds. The minimum Gasteiger partial charge on any atom is -0.376 e. The molecule has 2 N–H and O–H groups in total. The van der Waals surface area contributed by atoms with E-state index in [9.17, 15) is 0 Å². The maximum absolute atomic E-state index is 5.79. The minimum absolute atomic E-state index is 0.211. The molecule has 2 fully saturated rings. The molecule has 1 unspecified atom stereocenters. The molecule has 2 atom stereocenters. The summed E-state index contributed by atoms with van der Waals surface area (Å²) in [4.78, 5) is 0. The summed E-state index contributed by atoms with van der Waals surface area (Å²) in [6, 6.07) is 0.211. The maximum atomic E-state index is 5.79. The predicted molar refractivity (Wildman–Crippen MR) is 48.9 cm³/mol. The summed E-state index contributed by atoms with van der Waals surface area (Å²) in [7, 11) is 0. The van der Waals surface area contributed by atoms with Crippen molar-refractivity contribution in [3.8, 4) is 0 Å². The molecule has 1 aliphatic heterocycles. The van der Waals surface area contributed by atoms with Crippen molar-refractivity contribution in [1.29, 1.82) is 0 Å². The molecule has 12 heavy (non-hydrogen) atoms. The van der Waals surface area contributed by atoms with Gasteiger partial charge < -0.3 is 10.5 Å². The third-order valence-corrected chi connectivity index (χ3v) is 3.56. The van der Waals surface area contributed by atoms with Crippen molar-refractivity contribution in [1.82, 2.24) is 0 Å². The van der Waals surface area contributed by atoms with E-state index in [-0.39, 0.29) is 6.04 Å². The largest absolute Gasteiger partial charge is 0.376 e. The van der Waals surface area contributed by atoms with Gasteiger partial charge in [0, 0.05) is 6.04 Å². The number of hydrogen-bond acceptors (Lipinski definition) is 2. The molecule has 1 saturated carbocycles. The first kappa shape index (κ1) is 8.52. The summed E-state index contributed by atoms with van der Waals surface area (Å²) in [5, 5.41) is 0. The Morgan fingerprint density at radius 1 is 1.42 bits per heavy atom. The maximum Gasteiger partial charge on any atom is 0.0723 e. The first-order valence-electron chi connectivity index (χ1n) is 5.09. The highest BCUT2D eigenvalue weighted by Gasteiger charge is 2.41. The van der Waals surface area contributed by atoms with E-state index in [2.05, 4.69) is 0 Å². The van der Waals surface area contributed by atoms with E-state index < -0.39 is 0 Å². The van der Waals surface area contributed by atoms with Gasteiger partial charge in [-0.1, -0.05) is 6.42 Å². The molecule has 2 nitrogen and oxygen atoms in total. The van der Waals surface area contributed by atoms with E-state index in [1.165, 1.54) is 32.1 Å². The molecular formula is C10H19NO. The second-order valence-corrected chi connectivity index (χ2v) is 4.60. The standard InChI is InChI=1S/C10H19NO/c1-8(11)9-3-6-10(7-12-9)4-2-5-10/h8-9H,2-7,11H2,1H3/t8-,9?/m0/s1. The third-order valence-electron chi connectivity index (χ3n) is 3.56. The molecule has 1 saturated heterocycles. The Balaban J connectivity index is 1.84. The quantitative estimate of drug-likeness (QED) is 0.648. The summed E-state index contributed by atoms with van der Waals surface area (Å²) in [6.07, 6.45) is 7.04. The fraction of sp³-hybridized carbons (Fsp3) is 1.00. The van der Waals surface area contributed by atoms with Crippen molar-refractivity contribution >= 4 is 0 Å². The summed E-state index contributed by atoms with van der Waals surface area (Å²) in [5.41, 5.74) is 6.38. The van der Waals surface area contributed by atoms with Gasteiger partial charge in [0.05, 0.1) is 12.7 Å². The molecule has 2 rings (SSSR count). The van der Waals surface area contributed by atoms with E-state index >= 15 is 0 Å². The molecule has 0 aromatic carbocycles. The van der Waals surface area contributed by atoms with E-state index in [1.54, 1.807) is 0 Å². The third kappa shape index (κ3) is 1.38. The molecule has 1 aliphatic carbocycles. The number of ether oxygens (including phenoxy) is 1. The lowest BCUT2D eigenvalue weighted by atomic mass is 9.65. The van der Waals surface area contributed by atoms with E-state index in [0.717, 1.165) is 6.61 Å². The fourth-order valence-corrected chi connectivity index (χ4v) is 2.37. The number of nitrogens with two attached hydrogens (primary N) is 1. The van der Waals surface area contributed by atoms with Crippen LogP contribution < -0.4 is 5.73 Å². The highest BCUT2D eigenvalue weighted by Crippen LogP contribution is 2.47. The van der Waals surface area contributed by atoms with Crippen LogP contribution in [0.4, 0.5) is 0 Å². The molecule has 0 radical (unpaired) electrons. The normalized spacial score (nSPS) is 36.0. The molecular weight excluding hydrogens is 150 g/mol. The Morgan fingerprint density at radius 2 is 2.17 bits per heavy atom. The molecule has 1 heterocycles. The summed E-state index contributed by atoms with van der Waals surface area (Å²) < 4.78 is 5.77. The zero-order valence-electron chi connectivity index (χ0n) is 7.88. The average Bonchev–Trinajstić information content (AvgIpc) is 2.02. The minimum atomic E-state index is 0.211. The van der Waals surface area contributed by atoms with Gasteiger partial charge in [0.1, 0.15) is 0 Å². The SMILES string of the molecule is C[C@H](N)C1CCC2(CCC2)CO1. The Labute approximate surface area is 74.5 Å². The molecule has 2 aliphatic rings.